The van der Waals surface area contributed by atoms with Crippen molar-refractivity contribution in [1.29, 1.82) is 0 Å². The van der Waals surface area contributed by atoms with Crippen LogP contribution in [0.2, 0.25) is 0 Å². The largest absolute Gasteiger partial charge is 0.437 e. The van der Waals surface area contributed by atoms with Crippen molar-refractivity contribution in [1.82, 2.24) is 20.1 Å². The summed E-state index contributed by atoms with van der Waals surface area (Å²) in [5.74, 6) is 0.431. The van der Waals surface area contributed by atoms with Crippen molar-refractivity contribution in [2.75, 3.05) is 25.0 Å². The number of likely N-dealkylation sites (N-methyl/N-ethyl adjacent to an activating group) is 1. The zero-order valence-electron chi connectivity index (χ0n) is 21.0. The lowest BCUT2D eigenvalue weighted by Crippen LogP contribution is -2.56. The van der Waals surface area contributed by atoms with Crippen molar-refractivity contribution in [2.45, 2.75) is 57.8 Å². The molecule has 0 saturated carbocycles. The molecule has 10 heteroatoms. The van der Waals surface area contributed by atoms with Crippen molar-refractivity contribution >= 4 is 30.1 Å². The number of ether oxygens (including phenoxy) is 1. The zero-order chi connectivity index (χ0) is 25.7. The van der Waals surface area contributed by atoms with Crippen LogP contribution in [0, 0.1) is 6.92 Å². The Morgan fingerprint density at radius 3 is 2.86 bits per heavy atom. The molecule has 2 N–H and O–H groups in total. The van der Waals surface area contributed by atoms with Crippen LogP contribution in [0.4, 0.5) is 15.4 Å². The predicted octanol–water partition coefficient (Wildman–Crippen LogP) is 2.86. The SMILES string of the molecule is CCN1Cc2c(cc(C)c3c2C=NC3)CC(NC(=O)N2CCC3(CC2)OC(=O)Nc2ncccc23)C1=O. The molecule has 1 atom stereocenters. The molecule has 4 amide bonds. The molecule has 4 aliphatic rings. The van der Waals surface area contributed by atoms with Crippen LogP contribution in [-0.2, 0) is 34.6 Å². The van der Waals surface area contributed by atoms with E-state index in [2.05, 4.69) is 33.6 Å². The number of carbonyl (C=O) groups excluding carboxylic acids is 3. The van der Waals surface area contributed by atoms with Gasteiger partial charge in [-0.3, -0.25) is 15.1 Å². The summed E-state index contributed by atoms with van der Waals surface area (Å²) in [6, 6.07) is 4.94. The van der Waals surface area contributed by atoms with Gasteiger partial charge in [-0.05, 0) is 48.2 Å². The number of pyridine rings is 1. The molecule has 4 aliphatic heterocycles. The van der Waals surface area contributed by atoms with Gasteiger partial charge in [0, 0.05) is 69.0 Å². The number of hydrogen-bond donors (Lipinski definition) is 2. The summed E-state index contributed by atoms with van der Waals surface area (Å²) in [5, 5.41) is 5.67. The number of carbonyl (C=O) groups is 3. The molecule has 1 spiro atoms. The van der Waals surface area contributed by atoms with Gasteiger partial charge in [-0.2, -0.15) is 0 Å². The first-order valence-electron chi connectivity index (χ1n) is 12.8. The van der Waals surface area contributed by atoms with Crippen LogP contribution in [0.15, 0.2) is 29.4 Å². The van der Waals surface area contributed by atoms with Crippen LogP contribution >= 0.6 is 0 Å². The third-order valence-electron chi connectivity index (χ3n) is 8.10. The number of nitrogens with zero attached hydrogens (tertiary/aromatic N) is 4. The first kappa shape index (κ1) is 23.4. The van der Waals surface area contributed by atoms with Gasteiger partial charge in [-0.1, -0.05) is 6.07 Å². The van der Waals surface area contributed by atoms with Crippen LogP contribution in [0.3, 0.4) is 0 Å². The Morgan fingerprint density at radius 2 is 2.08 bits per heavy atom. The van der Waals surface area contributed by atoms with Crippen LogP contribution < -0.4 is 10.6 Å². The van der Waals surface area contributed by atoms with E-state index in [1.165, 1.54) is 11.1 Å². The molecule has 6 rings (SSSR count). The molecular formula is C27H30N6O4. The van der Waals surface area contributed by atoms with Crippen LogP contribution in [0.1, 0.15) is 53.1 Å². The summed E-state index contributed by atoms with van der Waals surface area (Å²) in [4.78, 5) is 51.2. The molecule has 0 radical (unpaired) electrons. The summed E-state index contributed by atoms with van der Waals surface area (Å²) in [6.45, 7) is 6.58. The lowest BCUT2D eigenvalue weighted by molar-refractivity contribution is -0.133. The molecule has 10 nitrogen and oxygen atoms in total. The van der Waals surface area contributed by atoms with Gasteiger partial charge in [0.05, 0.1) is 6.54 Å². The van der Waals surface area contributed by atoms with E-state index in [1.54, 1.807) is 11.1 Å². The smallest absolute Gasteiger partial charge is 0.413 e. The zero-order valence-corrected chi connectivity index (χ0v) is 21.0. The van der Waals surface area contributed by atoms with Gasteiger partial charge < -0.3 is 19.9 Å². The van der Waals surface area contributed by atoms with Crippen molar-refractivity contribution in [3.05, 3.63) is 57.8 Å². The van der Waals surface area contributed by atoms with Crippen molar-refractivity contribution in [3.63, 3.8) is 0 Å². The highest BCUT2D eigenvalue weighted by Gasteiger charge is 2.46. The van der Waals surface area contributed by atoms with E-state index in [-0.39, 0.29) is 11.9 Å². The van der Waals surface area contributed by atoms with Gasteiger partial charge in [0.25, 0.3) is 0 Å². The maximum atomic E-state index is 13.5. The third-order valence-corrected chi connectivity index (χ3v) is 8.10. The Morgan fingerprint density at radius 1 is 1.27 bits per heavy atom. The van der Waals surface area contributed by atoms with Crippen LogP contribution in [0.25, 0.3) is 0 Å². The topological polar surface area (TPSA) is 116 Å². The van der Waals surface area contributed by atoms with E-state index >= 15 is 0 Å². The molecule has 192 valence electrons. The van der Waals surface area contributed by atoms with E-state index in [4.69, 9.17) is 4.74 Å². The second-order valence-corrected chi connectivity index (χ2v) is 10.1. The number of hydrogen-bond acceptors (Lipinski definition) is 6. The fourth-order valence-electron chi connectivity index (χ4n) is 6.05. The van der Waals surface area contributed by atoms with Crippen LogP contribution in [-0.4, -0.2) is 64.7 Å². The molecule has 1 unspecified atom stereocenters. The average Bonchev–Trinajstić information content (AvgIpc) is 3.34. The standard InChI is InChI=1S/C27H30N6O4/c1-3-32-15-20-17(11-16(2)18-13-28-14-19(18)20)12-22(24(32)34)30-25(35)33-9-6-27(7-10-33)21-5-4-8-29-23(21)31-26(36)37-27/h4-5,8,11,14,22H,3,6-7,9-10,12-13,15H2,1-2H3,(H,30,35)(H,29,31,36). The first-order chi connectivity index (χ1) is 17.9. The van der Waals surface area contributed by atoms with Crippen molar-refractivity contribution < 1.29 is 19.1 Å². The lowest BCUT2D eigenvalue weighted by atomic mass is 9.83. The Bertz CT molecular complexity index is 1330. The summed E-state index contributed by atoms with van der Waals surface area (Å²) in [7, 11) is 0. The monoisotopic (exact) mass is 502 g/mol. The summed E-state index contributed by atoms with van der Waals surface area (Å²) >= 11 is 0. The highest BCUT2D eigenvalue weighted by Crippen LogP contribution is 2.42. The number of piperidine rings is 1. The second-order valence-electron chi connectivity index (χ2n) is 10.1. The molecule has 1 saturated heterocycles. The number of aliphatic imine (C=N–C) groups is 1. The van der Waals surface area contributed by atoms with Gasteiger partial charge in [0.1, 0.15) is 17.5 Å². The summed E-state index contributed by atoms with van der Waals surface area (Å²) < 4.78 is 5.75. The molecule has 0 aliphatic carbocycles. The van der Waals surface area contributed by atoms with E-state index in [9.17, 15) is 14.4 Å². The van der Waals surface area contributed by atoms with Gasteiger partial charge in [0.2, 0.25) is 5.91 Å². The van der Waals surface area contributed by atoms with Crippen molar-refractivity contribution in [3.8, 4) is 0 Å². The quantitative estimate of drug-likeness (QED) is 0.655. The van der Waals surface area contributed by atoms with Gasteiger partial charge >= 0.3 is 12.1 Å². The highest BCUT2D eigenvalue weighted by molar-refractivity contribution is 5.91. The summed E-state index contributed by atoms with van der Waals surface area (Å²) in [5.41, 5.74) is 5.76. The molecule has 2 aromatic rings. The molecular weight excluding hydrogens is 472 g/mol. The molecule has 37 heavy (non-hydrogen) atoms. The van der Waals surface area contributed by atoms with E-state index in [1.807, 2.05) is 30.2 Å². The normalized spacial score (nSPS) is 21.5. The van der Waals surface area contributed by atoms with Gasteiger partial charge in [-0.15, -0.1) is 0 Å². The Balaban J connectivity index is 1.20. The minimum atomic E-state index is -0.807. The minimum absolute atomic E-state index is 0.0749. The Kier molecular flexibility index (Phi) is 5.62. The number of amides is 4. The van der Waals surface area contributed by atoms with Gasteiger partial charge in [-0.25, -0.2) is 14.6 Å². The molecule has 0 bridgehead atoms. The van der Waals surface area contributed by atoms with Gasteiger partial charge in [0.15, 0.2) is 0 Å². The average molecular weight is 503 g/mol. The van der Waals surface area contributed by atoms with Crippen LogP contribution in [0.5, 0.6) is 0 Å². The molecule has 1 aromatic carbocycles. The van der Waals surface area contributed by atoms with E-state index in [0.29, 0.717) is 57.8 Å². The lowest BCUT2D eigenvalue weighted by Gasteiger charge is -2.43. The number of anilines is 1. The fraction of sp³-hybridized carbons (Fsp3) is 0.444. The van der Waals surface area contributed by atoms with E-state index in [0.717, 1.165) is 22.3 Å². The number of fused-ring (bicyclic) bond motifs is 5. The second kappa shape index (κ2) is 8.86. The fourth-order valence-corrected chi connectivity index (χ4v) is 6.05. The third kappa shape index (κ3) is 3.91. The maximum Gasteiger partial charge on any atom is 0.413 e. The number of nitrogens with one attached hydrogen (secondary N) is 2. The first-order valence-corrected chi connectivity index (χ1v) is 12.8. The number of benzene rings is 1. The molecule has 1 aromatic heterocycles. The number of urea groups is 1. The predicted molar refractivity (Wildman–Crippen MR) is 136 cm³/mol. The van der Waals surface area contributed by atoms with E-state index < -0.39 is 17.7 Å². The van der Waals surface area contributed by atoms with Crippen molar-refractivity contribution in [2.24, 2.45) is 4.99 Å². The number of likely N-dealkylation sites (tertiary alicyclic amines) is 1. The summed E-state index contributed by atoms with van der Waals surface area (Å²) in [6.07, 6.45) is 4.38. The number of aryl methyl sites for hydroxylation is 1. The Labute approximate surface area is 215 Å². The number of rotatable bonds is 2. The highest BCUT2D eigenvalue weighted by atomic mass is 16.6. The minimum Gasteiger partial charge on any atom is -0.437 e. The molecule has 5 heterocycles. The maximum absolute atomic E-state index is 13.5. The number of aromatic nitrogens is 1. The molecule has 1 fully saturated rings. The Hall–Kier alpha value is -3.95.